The summed E-state index contributed by atoms with van der Waals surface area (Å²) in [5.74, 6) is -5.28. The zero-order chi connectivity index (χ0) is 14.4. The first-order chi connectivity index (χ1) is 9.42. The maximum Gasteiger partial charge on any atom is 0.352 e. The summed E-state index contributed by atoms with van der Waals surface area (Å²) in [4.78, 5) is 11.7. The van der Waals surface area contributed by atoms with Crippen molar-refractivity contribution < 1.29 is 18.7 Å². The number of hydrogen-bond donors (Lipinski definition) is 3. The number of aromatic amines is 1. The van der Waals surface area contributed by atoms with E-state index in [0.717, 1.165) is 5.52 Å². The second-order valence-electron chi connectivity index (χ2n) is 5.09. The highest BCUT2D eigenvalue weighted by molar-refractivity contribution is 5.98. The van der Waals surface area contributed by atoms with Crippen LogP contribution in [0.1, 0.15) is 19.3 Å². The summed E-state index contributed by atoms with van der Waals surface area (Å²) in [5, 5.41) is 19.1. The van der Waals surface area contributed by atoms with Crippen molar-refractivity contribution in [2.24, 2.45) is 0 Å². The summed E-state index contributed by atoms with van der Waals surface area (Å²) in [6.45, 7) is 0. The number of benzene rings is 1. The number of carbonyl (C=O) groups excluding carboxylic acids is 1. The number of fused-ring (bicyclic) bond motifs is 1. The molecule has 1 aliphatic rings. The minimum absolute atomic E-state index is 0.0613. The van der Waals surface area contributed by atoms with Gasteiger partial charge in [0, 0.05) is 11.1 Å². The van der Waals surface area contributed by atoms with Gasteiger partial charge in [0.25, 0.3) is 5.91 Å². The molecule has 0 atom stereocenters. The number of anilines is 1. The fourth-order valence-corrected chi connectivity index (χ4v) is 2.27. The van der Waals surface area contributed by atoms with Crippen LogP contribution < -0.4 is 5.32 Å². The Hall–Kier alpha value is -2.02. The average Bonchev–Trinajstić information content (AvgIpc) is 2.83. The lowest BCUT2D eigenvalue weighted by Crippen LogP contribution is -2.59. The Morgan fingerprint density at radius 1 is 1.45 bits per heavy atom. The van der Waals surface area contributed by atoms with E-state index in [9.17, 15) is 18.7 Å². The molecule has 20 heavy (non-hydrogen) atoms. The highest BCUT2D eigenvalue weighted by Gasteiger charge is 2.61. The second kappa shape index (κ2) is 4.24. The zero-order valence-corrected chi connectivity index (χ0v) is 10.5. The molecule has 7 heteroatoms. The number of nitrogens with zero attached hydrogens (tertiary/aromatic N) is 1. The monoisotopic (exact) mass is 281 g/mol. The molecule has 0 bridgehead atoms. The molecular formula is C13H13F2N3O2. The van der Waals surface area contributed by atoms with E-state index in [0.29, 0.717) is 11.8 Å². The van der Waals surface area contributed by atoms with Gasteiger partial charge in [-0.05, 0) is 37.5 Å². The Morgan fingerprint density at radius 2 is 2.20 bits per heavy atom. The number of aromatic nitrogens is 2. The first-order valence-corrected chi connectivity index (χ1v) is 6.27. The van der Waals surface area contributed by atoms with Gasteiger partial charge in [-0.1, -0.05) is 0 Å². The topological polar surface area (TPSA) is 78.0 Å². The number of alkyl halides is 2. The Kier molecular flexibility index (Phi) is 2.75. The SMILES string of the molecule is O=C(Nc1ccc2[nH]ncc2c1)C(F)(F)C1(O)CCC1. The third kappa shape index (κ3) is 1.85. The third-order valence-electron chi connectivity index (χ3n) is 3.75. The molecule has 0 unspecified atom stereocenters. The van der Waals surface area contributed by atoms with Crippen LogP contribution in [0.4, 0.5) is 14.5 Å². The van der Waals surface area contributed by atoms with Crippen LogP contribution in [0.3, 0.4) is 0 Å². The van der Waals surface area contributed by atoms with Gasteiger partial charge in [0.2, 0.25) is 0 Å². The molecule has 0 spiro atoms. The zero-order valence-electron chi connectivity index (χ0n) is 10.5. The summed E-state index contributed by atoms with van der Waals surface area (Å²) < 4.78 is 27.8. The Labute approximate surface area is 113 Å². The van der Waals surface area contributed by atoms with E-state index in [4.69, 9.17) is 0 Å². The van der Waals surface area contributed by atoms with Crippen molar-refractivity contribution in [1.29, 1.82) is 0 Å². The molecule has 1 amide bonds. The normalized spacial score (nSPS) is 17.8. The highest BCUT2D eigenvalue weighted by atomic mass is 19.3. The van der Waals surface area contributed by atoms with Gasteiger partial charge in [-0.2, -0.15) is 13.9 Å². The maximum absolute atomic E-state index is 13.9. The van der Waals surface area contributed by atoms with Crippen LogP contribution in [0.5, 0.6) is 0 Å². The van der Waals surface area contributed by atoms with E-state index in [1.54, 1.807) is 6.07 Å². The van der Waals surface area contributed by atoms with Crippen molar-refractivity contribution in [3.8, 4) is 0 Å². The van der Waals surface area contributed by atoms with Gasteiger partial charge in [-0.15, -0.1) is 0 Å². The number of nitrogens with one attached hydrogen (secondary N) is 2. The molecule has 1 saturated carbocycles. The van der Waals surface area contributed by atoms with E-state index in [2.05, 4.69) is 15.5 Å². The van der Waals surface area contributed by atoms with E-state index >= 15 is 0 Å². The number of carbonyl (C=O) groups is 1. The lowest BCUT2D eigenvalue weighted by atomic mass is 9.75. The molecule has 1 aliphatic carbocycles. The number of rotatable bonds is 3. The van der Waals surface area contributed by atoms with Gasteiger partial charge in [-0.25, -0.2) is 0 Å². The fourth-order valence-electron chi connectivity index (χ4n) is 2.27. The summed E-state index contributed by atoms with van der Waals surface area (Å²) in [5.41, 5.74) is -1.23. The van der Waals surface area contributed by atoms with Crippen molar-refractivity contribution in [3.05, 3.63) is 24.4 Å². The van der Waals surface area contributed by atoms with Gasteiger partial charge in [0.05, 0.1) is 11.7 Å². The van der Waals surface area contributed by atoms with Gasteiger partial charge in [-0.3, -0.25) is 9.89 Å². The van der Waals surface area contributed by atoms with Crippen LogP contribution >= 0.6 is 0 Å². The largest absolute Gasteiger partial charge is 0.383 e. The molecule has 0 radical (unpaired) electrons. The molecular weight excluding hydrogens is 268 g/mol. The molecule has 3 rings (SSSR count). The molecule has 1 fully saturated rings. The molecule has 3 N–H and O–H groups in total. The average molecular weight is 281 g/mol. The van der Waals surface area contributed by atoms with Crippen molar-refractivity contribution in [1.82, 2.24) is 10.2 Å². The Bertz CT molecular complexity index is 664. The van der Waals surface area contributed by atoms with Crippen LogP contribution in [-0.4, -0.2) is 32.7 Å². The molecule has 0 saturated heterocycles. The van der Waals surface area contributed by atoms with Crippen LogP contribution in [0.25, 0.3) is 10.9 Å². The van der Waals surface area contributed by atoms with Gasteiger partial charge >= 0.3 is 5.92 Å². The number of halogens is 2. The standard InChI is InChI=1S/C13H13F2N3O2/c14-13(15,12(20)4-1-5-12)11(19)17-9-2-3-10-8(6-9)7-16-18-10/h2-3,6-7,20H,1,4-5H2,(H,16,18)(H,17,19). The number of amides is 1. The number of aliphatic hydroxyl groups is 1. The van der Waals surface area contributed by atoms with Crippen LogP contribution in [0.2, 0.25) is 0 Å². The fraction of sp³-hybridized carbons (Fsp3) is 0.385. The lowest BCUT2D eigenvalue weighted by molar-refractivity contribution is -0.212. The van der Waals surface area contributed by atoms with E-state index in [1.807, 2.05) is 0 Å². The van der Waals surface area contributed by atoms with E-state index in [1.165, 1.54) is 18.3 Å². The van der Waals surface area contributed by atoms with Crippen molar-refractivity contribution in [2.75, 3.05) is 5.32 Å². The molecule has 2 aromatic rings. The summed E-state index contributed by atoms with van der Waals surface area (Å²) in [7, 11) is 0. The molecule has 0 aliphatic heterocycles. The van der Waals surface area contributed by atoms with Crippen LogP contribution in [0.15, 0.2) is 24.4 Å². The van der Waals surface area contributed by atoms with Crippen LogP contribution in [0, 0.1) is 0 Å². The molecule has 1 heterocycles. The second-order valence-corrected chi connectivity index (χ2v) is 5.09. The predicted molar refractivity (Wildman–Crippen MR) is 68.5 cm³/mol. The van der Waals surface area contributed by atoms with Crippen molar-refractivity contribution >= 4 is 22.5 Å². The number of hydrogen-bond acceptors (Lipinski definition) is 3. The van der Waals surface area contributed by atoms with Gasteiger partial charge < -0.3 is 10.4 Å². The van der Waals surface area contributed by atoms with Crippen LogP contribution in [-0.2, 0) is 4.79 Å². The molecule has 1 aromatic heterocycles. The lowest BCUT2D eigenvalue weighted by Gasteiger charge is -2.41. The van der Waals surface area contributed by atoms with Crippen molar-refractivity contribution in [3.63, 3.8) is 0 Å². The van der Waals surface area contributed by atoms with Gasteiger partial charge in [0.15, 0.2) is 0 Å². The quantitative estimate of drug-likeness (QED) is 0.805. The summed E-state index contributed by atoms with van der Waals surface area (Å²) in [6.07, 6.45) is 1.91. The first kappa shape index (κ1) is 13.0. The molecule has 106 valence electrons. The predicted octanol–water partition coefficient (Wildman–Crippen LogP) is 2.05. The first-order valence-electron chi connectivity index (χ1n) is 6.27. The Balaban J connectivity index is 1.81. The van der Waals surface area contributed by atoms with Crippen molar-refractivity contribution in [2.45, 2.75) is 30.8 Å². The summed E-state index contributed by atoms with van der Waals surface area (Å²) >= 11 is 0. The third-order valence-corrected chi connectivity index (χ3v) is 3.75. The minimum atomic E-state index is -3.80. The Morgan fingerprint density at radius 3 is 2.85 bits per heavy atom. The highest BCUT2D eigenvalue weighted by Crippen LogP contribution is 2.44. The maximum atomic E-state index is 13.9. The summed E-state index contributed by atoms with van der Waals surface area (Å²) in [6, 6.07) is 4.67. The minimum Gasteiger partial charge on any atom is -0.383 e. The van der Waals surface area contributed by atoms with E-state index in [-0.39, 0.29) is 18.5 Å². The molecule has 1 aromatic carbocycles. The smallest absolute Gasteiger partial charge is 0.352 e. The number of H-pyrrole nitrogens is 1. The van der Waals surface area contributed by atoms with Gasteiger partial charge in [0.1, 0.15) is 5.60 Å². The van der Waals surface area contributed by atoms with E-state index < -0.39 is 17.4 Å². The molecule has 5 nitrogen and oxygen atoms in total.